The summed E-state index contributed by atoms with van der Waals surface area (Å²) in [5.74, 6) is -7.00. The lowest BCUT2D eigenvalue weighted by Gasteiger charge is -2.36. The van der Waals surface area contributed by atoms with Crippen LogP contribution in [0.15, 0.2) is 59.8 Å². The van der Waals surface area contributed by atoms with E-state index >= 15 is 8.78 Å². The zero-order valence-electron chi connectivity index (χ0n) is 18.4. The van der Waals surface area contributed by atoms with Crippen molar-refractivity contribution in [1.29, 1.82) is 0 Å². The molecule has 2 aromatic heterocycles. The average molecular weight is 509 g/mol. The Bertz CT molecular complexity index is 1470. The maximum Gasteiger partial charge on any atom is 0.309 e. The van der Waals surface area contributed by atoms with E-state index in [2.05, 4.69) is 20.3 Å². The van der Waals surface area contributed by atoms with Crippen LogP contribution in [0.4, 0.5) is 17.6 Å². The van der Waals surface area contributed by atoms with Crippen LogP contribution in [0.5, 0.6) is 0 Å². The molecule has 0 radical (unpaired) electrons. The summed E-state index contributed by atoms with van der Waals surface area (Å²) in [6.45, 7) is 2.24. The predicted molar refractivity (Wildman–Crippen MR) is 115 cm³/mol. The second-order valence-corrected chi connectivity index (χ2v) is 9.64. The summed E-state index contributed by atoms with van der Waals surface area (Å²) in [6, 6.07) is 8.84. The second-order valence-electron chi connectivity index (χ2n) is 7.87. The lowest BCUT2D eigenvalue weighted by molar-refractivity contribution is -0.198. The largest absolute Gasteiger partial charge is 0.378 e. The highest BCUT2D eigenvalue weighted by Gasteiger charge is 2.59. The van der Waals surface area contributed by atoms with Crippen molar-refractivity contribution >= 4 is 10.0 Å². The first-order valence-electron chi connectivity index (χ1n) is 10.2. The summed E-state index contributed by atoms with van der Waals surface area (Å²) >= 11 is 0. The van der Waals surface area contributed by atoms with Crippen molar-refractivity contribution in [1.82, 2.24) is 24.4 Å². The number of aryl methyl sites for hydroxylation is 1. The van der Waals surface area contributed by atoms with E-state index < -0.39 is 62.1 Å². The van der Waals surface area contributed by atoms with Crippen molar-refractivity contribution in [2.24, 2.45) is 0 Å². The van der Waals surface area contributed by atoms with Gasteiger partial charge in [-0.3, -0.25) is 5.10 Å². The molecule has 184 valence electrons. The monoisotopic (exact) mass is 509 g/mol. The second kappa shape index (κ2) is 8.57. The summed E-state index contributed by atoms with van der Waals surface area (Å²) in [5.41, 5.74) is -6.08. The predicted octanol–water partition coefficient (Wildman–Crippen LogP) is 3.36. The van der Waals surface area contributed by atoms with Gasteiger partial charge in [-0.05, 0) is 32.0 Å². The Morgan fingerprint density at radius 2 is 1.77 bits per heavy atom. The molecular weight excluding hydrogens is 490 g/mol. The van der Waals surface area contributed by atoms with Gasteiger partial charge >= 0.3 is 5.92 Å². The molecule has 0 saturated heterocycles. The van der Waals surface area contributed by atoms with E-state index in [0.29, 0.717) is 16.2 Å². The number of hydrogen-bond donors (Lipinski definition) is 2. The SMILES string of the molecule is Cc1nn(S(=O)(=O)c2ccccc2)c(C)c1C(F)(F)C(O)(Cc1ncn[nH]1)c1ccc(F)cc1F. The Kier molecular flexibility index (Phi) is 6.01. The van der Waals surface area contributed by atoms with Crippen LogP contribution in [0.1, 0.15) is 28.3 Å². The number of aromatic amines is 1. The van der Waals surface area contributed by atoms with Gasteiger partial charge < -0.3 is 5.11 Å². The van der Waals surface area contributed by atoms with E-state index in [9.17, 15) is 22.3 Å². The maximum absolute atomic E-state index is 16.3. The molecule has 2 heterocycles. The molecule has 0 fully saturated rings. The molecule has 35 heavy (non-hydrogen) atoms. The van der Waals surface area contributed by atoms with E-state index in [4.69, 9.17) is 0 Å². The minimum atomic E-state index is -4.37. The third kappa shape index (κ3) is 4.00. The van der Waals surface area contributed by atoms with Crippen molar-refractivity contribution in [2.45, 2.75) is 36.7 Å². The smallest absolute Gasteiger partial charge is 0.309 e. The Morgan fingerprint density at radius 3 is 2.37 bits per heavy atom. The average Bonchev–Trinajstić information content (AvgIpc) is 3.41. The summed E-state index contributed by atoms with van der Waals surface area (Å²) < 4.78 is 87.4. The zero-order valence-corrected chi connectivity index (χ0v) is 19.2. The molecule has 1 unspecified atom stereocenters. The van der Waals surface area contributed by atoms with Gasteiger partial charge in [0.25, 0.3) is 10.0 Å². The quantitative estimate of drug-likeness (QED) is 0.370. The molecule has 0 aliphatic carbocycles. The zero-order chi connectivity index (χ0) is 25.6. The minimum absolute atomic E-state index is 0.193. The number of alkyl halides is 2. The molecule has 0 amide bonds. The van der Waals surface area contributed by atoms with Crippen molar-refractivity contribution in [3.05, 3.63) is 94.8 Å². The Morgan fingerprint density at radius 1 is 1.09 bits per heavy atom. The van der Waals surface area contributed by atoms with Crippen molar-refractivity contribution in [2.75, 3.05) is 0 Å². The summed E-state index contributed by atoms with van der Waals surface area (Å²) in [7, 11) is -4.37. The van der Waals surface area contributed by atoms with E-state index in [-0.39, 0.29) is 10.7 Å². The fourth-order valence-electron chi connectivity index (χ4n) is 3.96. The standard InChI is InChI=1S/C22H19F4N5O3S/c1-13-20(14(2)31(30-13)35(33,34)16-6-4-3-5-7-16)22(25,26)21(32,11-19-27-12-28-29-19)17-9-8-15(23)10-18(17)24/h3-10,12,32H,11H2,1-2H3,(H,27,28,29). The van der Waals surface area contributed by atoms with Gasteiger partial charge in [-0.2, -0.15) is 31.5 Å². The van der Waals surface area contributed by atoms with Crippen LogP contribution in [0.2, 0.25) is 0 Å². The summed E-state index contributed by atoms with van der Waals surface area (Å²) in [4.78, 5) is 3.54. The molecule has 0 aliphatic heterocycles. The molecule has 0 saturated carbocycles. The molecule has 2 N–H and O–H groups in total. The van der Waals surface area contributed by atoms with Gasteiger partial charge in [0.1, 0.15) is 23.8 Å². The van der Waals surface area contributed by atoms with E-state index in [0.717, 1.165) is 26.2 Å². The first-order valence-corrected chi connectivity index (χ1v) is 11.6. The first kappa shape index (κ1) is 24.5. The number of halogens is 4. The Balaban J connectivity index is 1.93. The molecule has 0 bridgehead atoms. The third-order valence-electron chi connectivity index (χ3n) is 5.62. The van der Waals surface area contributed by atoms with Gasteiger partial charge in [0.15, 0.2) is 5.60 Å². The maximum atomic E-state index is 16.3. The van der Waals surface area contributed by atoms with Gasteiger partial charge in [0.2, 0.25) is 0 Å². The number of nitrogens with zero attached hydrogens (tertiary/aromatic N) is 4. The van der Waals surface area contributed by atoms with Crippen molar-refractivity contribution < 1.29 is 31.1 Å². The fourth-order valence-corrected chi connectivity index (χ4v) is 5.35. The lowest BCUT2D eigenvalue weighted by atomic mass is 9.79. The van der Waals surface area contributed by atoms with E-state index in [1.165, 1.54) is 24.3 Å². The lowest BCUT2D eigenvalue weighted by Crippen LogP contribution is -2.46. The molecule has 4 rings (SSSR count). The normalized spacial score (nSPS) is 14.1. The fraction of sp³-hybridized carbons (Fsp3) is 0.227. The van der Waals surface area contributed by atoms with Crippen LogP contribution in [0, 0.1) is 25.5 Å². The first-order chi connectivity index (χ1) is 16.4. The summed E-state index contributed by atoms with van der Waals surface area (Å²) in [5, 5.41) is 21.1. The van der Waals surface area contributed by atoms with Crippen LogP contribution in [0.3, 0.4) is 0 Å². The number of hydrogen-bond acceptors (Lipinski definition) is 6. The van der Waals surface area contributed by atoms with Gasteiger partial charge in [-0.25, -0.2) is 13.8 Å². The topological polar surface area (TPSA) is 114 Å². The molecule has 8 nitrogen and oxygen atoms in total. The molecule has 0 aliphatic rings. The van der Waals surface area contributed by atoms with Crippen LogP contribution in [-0.4, -0.2) is 37.9 Å². The van der Waals surface area contributed by atoms with E-state index in [1.807, 2.05) is 0 Å². The van der Waals surface area contributed by atoms with Crippen LogP contribution in [0.25, 0.3) is 0 Å². The highest BCUT2D eigenvalue weighted by atomic mass is 32.2. The highest BCUT2D eigenvalue weighted by molar-refractivity contribution is 7.89. The Hall–Kier alpha value is -3.58. The van der Waals surface area contributed by atoms with Crippen molar-refractivity contribution in [3.8, 4) is 0 Å². The van der Waals surface area contributed by atoms with Gasteiger partial charge in [0, 0.05) is 18.1 Å². The molecule has 0 spiro atoms. The minimum Gasteiger partial charge on any atom is -0.378 e. The van der Waals surface area contributed by atoms with Crippen LogP contribution >= 0.6 is 0 Å². The summed E-state index contributed by atoms with van der Waals surface area (Å²) in [6.07, 6.45) is 0.0495. The van der Waals surface area contributed by atoms with Crippen LogP contribution in [-0.2, 0) is 28.0 Å². The Labute approximate surface area is 197 Å². The number of benzene rings is 2. The number of nitrogens with one attached hydrogen (secondary N) is 1. The molecule has 2 aromatic carbocycles. The molecular formula is C22H19F4N5O3S. The number of H-pyrrole nitrogens is 1. The third-order valence-corrected chi connectivity index (χ3v) is 7.30. The molecule has 13 heteroatoms. The number of aromatic nitrogens is 5. The van der Waals surface area contributed by atoms with E-state index in [1.54, 1.807) is 6.07 Å². The van der Waals surface area contributed by atoms with Crippen molar-refractivity contribution in [3.63, 3.8) is 0 Å². The van der Waals surface area contributed by atoms with Gasteiger partial charge in [-0.1, -0.05) is 24.3 Å². The number of rotatable bonds is 7. The highest BCUT2D eigenvalue weighted by Crippen LogP contribution is 2.50. The van der Waals surface area contributed by atoms with Crippen LogP contribution < -0.4 is 0 Å². The number of aliphatic hydroxyl groups is 1. The molecule has 4 aromatic rings. The molecule has 1 atom stereocenters. The van der Waals surface area contributed by atoms with Gasteiger partial charge in [-0.15, -0.1) is 0 Å². The van der Waals surface area contributed by atoms with Gasteiger partial charge in [0.05, 0.1) is 21.8 Å².